The van der Waals surface area contributed by atoms with Gasteiger partial charge in [0.15, 0.2) is 0 Å². The molecule has 5 rings (SSSR count). The van der Waals surface area contributed by atoms with Crippen LogP contribution in [-0.4, -0.2) is 40.1 Å². The summed E-state index contributed by atoms with van der Waals surface area (Å²) < 4.78 is 0. The van der Waals surface area contributed by atoms with Crippen molar-refractivity contribution in [1.29, 1.82) is 0 Å². The van der Waals surface area contributed by atoms with Crippen molar-refractivity contribution in [3.8, 4) is 0 Å². The van der Waals surface area contributed by atoms with E-state index in [1.165, 1.54) is 23.1 Å². The molecule has 2 aliphatic rings. The van der Waals surface area contributed by atoms with Gasteiger partial charge in [-0.3, -0.25) is 24.5 Å². The number of amides is 3. The second kappa shape index (κ2) is 10.6. The van der Waals surface area contributed by atoms with Crippen molar-refractivity contribution in [2.24, 2.45) is 5.73 Å². The van der Waals surface area contributed by atoms with Crippen LogP contribution in [-0.2, 0) is 14.4 Å². The van der Waals surface area contributed by atoms with Crippen molar-refractivity contribution in [1.82, 2.24) is 4.90 Å². The van der Waals surface area contributed by atoms with Gasteiger partial charge in [-0.1, -0.05) is 54.6 Å². The van der Waals surface area contributed by atoms with Crippen LogP contribution < -0.4 is 16.4 Å². The van der Waals surface area contributed by atoms with Gasteiger partial charge in [-0.2, -0.15) is 0 Å². The van der Waals surface area contributed by atoms with E-state index in [1.807, 2.05) is 66.7 Å². The highest BCUT2D eigenvalue weighted by Gasteiger charge is 2.34. The lowest BCUT2D eigenvalue weighted by Gasteiger charge is -2.20. The van der Waals surface area contributed by atoms with E-state index in [0.29, 0.717) is 41.1 Å². The van der Waals surface area contributed by atoms with E-state index in [0.717, 1.165) is 11.1 Å². The molecule has 2 aliphatic heterocycles. The lowest BCUT2D eigenvalue weighted by Crippen LogP contribution is -2.42. The molecule has 0 radical (unpaired) electrons. The summed E-state index contributed by atoms with van der Waals surface area (Å²) in [6, 6.07) is 20.4. The Balaban J connectivity index is 1.41. The second-order valence-corrected chi connectivity index (χ2v) is 9.21. The Morgan fingerprint density at radius 2 is 1.85 bits per heavy atom. The molecule has 10 heteroatoms. The van der Waals surface area contributed by atoms with E-state index in [4.69, 9.17) is 5.73 Å². The standard InChI is InChI=1S/C29H25N5O5/c30-28(36)24-14-15-25(35)33(24)16-4-5-18-8-10-20(11-9-18)31-27(19-6-2-1-3-7-19)26-22-17-21(34(38)39)12-13-23(22)32-29(26)37/h1-13,17,24,31H,14-16H2,(H2,30,36)(H,32,37). The van der Waals surface area contributed by atoms with Crippen LogP contribution in [0.4, 0.5) is 17.1 Å². The molecule has 1 saturated heterocycles. The number of nitro benzene ring substituents is 1. The zero-order valence-corrected chi connectivity index (χ0v) is 20.8. The lowest BCUT2D eigenvalue weighted by molar-refractivity contribution is -0.384. The van der Waals surface area contributed by atoms with E-state index in [9.17, 15) is 24.5 Å². The molecule has 1 atom stereocenters. The molecule has 10 nitrogen and oxygen atoms in total. The SMILES string of the molecule is NC(=O)C1CCC(=O)N1CC=Cc1ccc(NC(=C2C(=O)Nc3ccc([N+](=O)[O-])cc32)c2ccccc2)cc1. The molecule has 3 amide bonds. The third-order valence-electron chi connectivity index (χ3n) is 6.72. The number of hydrogen-bond donors (Lipinski definition) is 3. The predicted molar refractivity (Wildman–Crippen MR) is 148 cm³/mol. The number of non-ortho nitro benzene ring substituents is 1. The highest BCUT2D eigenvalue weighted by Crippen LogP contribution is 2.39. The Bertz CT molecular complexity index is 1530. The van der Waals surface area contributed by atoms with Crippen LogP contribution in [0.1, 0.15) is 29.5 Å². The predicted octanol–water partition coefficient (Wildman–Crippen LogP) is 4.02. The summed E-state index contributed by atoms with van der Waals surface area (Å²) in [5.41, 5.74) is 9.40. The van der Waals surface area contributed by atoms with Gasteiger partial charge in [0, 0.05) is 42.0 Å². The highest BCUT2D eigenvalue weighted by atomic mass is 16.6. The fourth-order valence-electron chi connectivity index (χ4n) is 4.78. The number of nitro groups is 1. The summed E-state index contributed by atoms with van der Waals surface area (Å²) in [7, 11) is 0. The number of carbonyl (C=O) groups is 3. The van der Waals surface area contributed by atoms with Crippen LogP contribution in [0.2, 0.25) is 0 Å². The van der Waals surface area contributed by atoms with Crippen molar-refractivity contribution < 1.29 is 19.3 Å². The van der Waals surface area contributed by atoms with Crippen molar-refractivity contribution in [3.63, 3.8) is 0 Å². The molecule has 0 aromatic heterocycles. The van der Waals surface area contributed by atoms with E-state index in [-0.39, 0.29) is 24.0 Å². The van der Waals surface area contributed by atoms with Gasteiger partial charge < -0.3 is 21.3 Å². The average molecular weight is 524 g/mol. The summed E-state index contributed by atoms with van der Waals surface area (Å²) in [6.07, 6.45) is 4.42. The molecule has 0 bridgehead atoms. The highest BCUT2D eigenvalue weighted by molar-refractivity contribution is 6.37. The fraction of sp³-hybridized carbons (Fsp3) is 0.138. The number of rotatable bonds is 8. The number of anilines is 2. The quantitative estimate of drug-likeness (QED) is 0.231. The maximum atomic E-state index is 13.0. The van der Waals surface area contributed by atoms with Gasteiger partial charge in [0.2, 0.25) is 11.8 Å². The van der Waals surface area contributed by atoms with Crippen molar-refractivity contribution >= 4 is 52.1 Å². The molecule has 1 fully saturated rings. The molecule has 0 saturated carbocycles. The molecule has 3 aromatic carbocycles. The number of primary amides is 1. The number of nitrogens with one attached hydrogen (secondary N) is 2. The largest absolute Gasteiger partial charge is 0.368 e. The molecule has 3 aromatic rings. The summed E-state index contributed by atoms with van der Waals surface area (Å²) in [5, 5.41) is 17.5. The second-order valence-electron chi connectivity index (χ2n) is 9.21. The molecule has 39 heavy (non-hydrogen) atoms. The van der Waals surface area contributed by atoms with Crippen molar-refractivity contribution in [2.75, 3.05) is 17.2 Å². The van der Waals surface area contributed by atoms with Gasteiger partial charge >= 0.3 is 0 Å². The third-order valence-corrected chi connectivity index (χ3v) is 6.72. The molecule has 4 N–H and O–H groups in total. The van der Waals surface area contributed by atoms with Crippen LogP contribution in [0.15, 0.2) is 78.9 Å². The van der Waals surface area contributed by atoms with Gasteiger partial charge in [0.1, 0.15) is 6.04 Å². The van der Waals surface area contributed by atoms with Gasteiger partial charge in [-0.05, 0) is 35.7 Å². The van der Waals surface area contributed by atoms with Crippen molar-refractivity contribution in [3.05, 3.63) is 106 Å². The maximum Gasteiger partial charge on any atom is 0.270 e. The number of hydrogen-bond acceptors (Lipinski definition) is 6. The minimum absolute atomic E-state index is 0.0904. The molecule has 1 unspecified atom stereocenters. The molecular formula is C29H25N5O5. The van der Waals surface area contributed by atoms with Crippen LogP contribution in [0.25, 0.3) is 17.3 Å². The number of nitrogens with zero attached hydrogens (tertiary/aromatic N) is 2. The summed E-state index contributed by atoms with van der Waals surface area (Å²) in [4.78, 5) is 49.1. The fourth-order valence-corrected chi connectivity index (χ4v) is 4.78. The van der Waals surface area contributed by atoms with Crippen molar-refractivity contribution in [2.45, 2.75) is 18.9 Å². The third kappa shape index (κ3) is 5.26. The molecule has 196 valence electrons. The Labute approximate surface area is 224 Å². The minimum Gasteiger partial charge on any atom is -0.368 e. The first-order valence-electron chi connectivity index (χ1n) is 12.3. The topological polar surface area (TPSA) is 148 Å². The molecule has 2 heterocycles. The lowest BCUT2D eigenvalue weighted by atomic mass is 9.99. The van der Waals surface area contributed by atoms with E-state index >= 15 is 0 Å². The van der Waals surface area contributed by atoms with Gasteiger partial charge in [0.05, 0.1) is 16.2 Å². The zero-order chi connectivity index (χ0) is 27.5. The minimum atomic E-state index is -0.572. The van der Waals surface area contributed by atoms with E-state index in [1.54, 1.807) is 0 Å². The smallest absolute Gasteiger partial charge is 0.270 e. The Morgan fingerprint density at radius 3 is 2.54 bits per heavy atom. The monoisotopic (exact) mass is 523 g/mol. The molecular weight excluding hydrogens is 498 g/mol. The maximum absolute atomic E-state index is 13.0. The van der Waals surface area contributed by atoms with E-state index < -0.39 is 16.9 Å². The number of likely N-dealkylation sites (tertiary alicyclic amines) is 1. The normalized spacial score (nSPS) is 17.7. The van der Waals surface area contributed by atoms with Gasteiger partial charge in [-0.25, -0.2) is 0 Å². The zero-order valence-electron chi connectivity index (χ0n) is 20.8. The molecule has 0 aliphatic carbocycles. The van der Waals surface area contributed by atoms with Gasteiger partial charge in [0.25, 0.3) is 11.6 Å². The Kier molecular flexibility index (Phi) is 6.92. The van der Waals surface area contributed by atoms with Crippen LogP contribution >= 0.6 is 0 Å². The number of nitrogens with two attached hydrogens (primary N) is 1. The summed E-state index contributed by atoms with van der Waals surface area (Å²) in [5.74, 6) is -0.948. The Morgan fingerprint density at radius 1 is 1.10 bits per heavy atom. The Hall–Kier alpha value is -5.25. The first kappa shape index (κ1) is 25.4. The van der Waals surface area contributed by atoms with Crippen LogP contribution in [0.3, 0.4) is 0 Å². The number of carbonyl (C=O) groups excluding carboxylic acids is 3. The number of benzene rings is 3. The van der Waals surface area contributed by atoms with Crippen LogP contribution in [0, 0.1) is 10.1 Å². The van der Waals surface area contributed by atoms with E-state index in [2.05, 4.69) is 10.6 Å². The summed E-state index contributed by atoms with van der Waals surface area (Å²) >= 11 is 0. The molecule has 0 spiro atoms. The number of fused-ring (bicyclic) bond motifs is 1. The first-order valence-corrected chi connectivity index (χ1v) is 12.3. The van der Waals surface area contributed by atoms with Crippen LogP contribution in [0.5, 0.6) is 0 Å². The summed E-state index contributed by atoms with van der Waals surface area (Å²) in [6.45, 7) is 0.289. The first-order chi connectivity index (χ1) is 18.8. The average Bonchev–Trinajstić information content (AvgIpc) is 3.46. The van der Waals surface area contributed by atoms with Gasteiger partial charge in [-0.15, -0.1) is 0 Å².